The van der Waals surface area contributed by atoms with E-state index in [1.54, 1.807) is 0 Å². The van der Waals surface area contributed by atoms with E-state index in [0.717, 1.165) is 22.3 Å². The molecule has 2 N–H and O–H groups in total. The summed E-state index contributed by atoms with van der Waals surface area (Å²) in [5, 5.41) is 11.0. The van der Waals surface area contributed by atoms with Crippen molar-refractivity contribution in [3.8, 4) is 11.1 Å². The predicted octanol–water partition coefficient (Wildman–Crippen LogP) is 4.32. The molecule has 0 spiro atoms. The van der Waals surface area contributed by atoms with Crippen LogP contribution in [0.1, 0.15) is 29.9 Å². The van der Waals surface area contributed by atoms with Crippen LogP contribution in [0.25, 0.3) is 11.1 Å². The highest BCUT2D eigenvalue weighted by Gasteiger charge is 2.32. The number of benzene rings is 2. The maximum absolute atomic E-state index is 12.3. The quantitative estimate of drug-likeness (QED) is 0.766. The molecular formula is C20H18F3NO4. The van der Waals surface area contributed by atoms with Gasteiger partial charge in [0.1, 0.15) is 12.6 Å². The Kier molecular flexibility index (Phi) is 5.58. The van der Waals surface area contributed by atoms with E-state index in [0.29, 0.717) is 0 Å². The molecule has 5 nitrogen and oxygen atoms in total. The Hall–Kier alpha value is -3.03. The zero-order valence-corrected chi connectivity index (χ0v) is 14.7. The Morgan fingerprint density at radius 2 is 1.57 bits per heavy atom. The second-order valence-electron chi connectivity index (χ2n) is 6.51. The summed E-state index contributed by atoms with van der Waals surface area (Å²) in [5.74, 6) is -1.77. The lowest BCUT2D eigenvalue weighted by atomic mass is 9.98. The van der Waals surface area contributed by atoms with Gasteiger partial charge in [0.15, 0.2) is 0 Å². The summed E-state index contributed by atoms with van der Waals surface area (Å²) in [5.41, 5.74) is 4.01. The summed E-state index contributed by atoms with van der Waals surface area (Å²) in [6.07, 6.45) is -7.64. The van der Waals surface area contributed by atoms with Gasteiger partial charge in [0.05, 0.1) is 0 Å². The molecule has 0 saturated carbocycles. The van der Waals surface area contributed by atoms with Gasteiger partial charge in [-0.05, 0) is 28.7 Å². The van der Waals surface area contributed by atoms with Crippen molar-refractivity contribution < 1.29 is 32.6 Å². The number of amides is 1. The second-order valence-corrected chi connectivity index (χ2v) is 6.51. The van der Waals surface area contributed by atoms with Gasteiger partial charge in [0.2, 0.25) is 0 Å². The fraction of sp³-hybridized carbons (Fsp3) is 0.300. The number of fused-ring (bicyclic) bond motifs is 3. The van der Waals surface area contributed by atoms with Crippen molar-refractivity contribution >= 4 is 12.1 Å². The number of alkyl halides is 3. The molecule has 2 aromatic carbocycles. The Balaban J connectivity index is 1.65. The normalized spacial score (nSPS) is 14.1. The van der Waals surface area contributed by atoms with Crippen molar-refractivity contribution in [1.29, 1.82) is 0 Å². The number of nitrogens with one attached hydrogen (secondary N) is 1. The number of carbonyl (C=O) groups excluding carboxylic acids is 1. The maximum Gasteiger partial charge on any atom is 0.407 e. The minimum Gasteiger partial charge on any atom is -0.480 e. The standard InChI is InChI=1S/C20H18F3NO4/c21-20(22,23)10-9-17(18(25)26)24-19(27)28-11-16-14-7-3-1-5-12(14)13-6-2-4-8-15(13)16/h1-8,16-17H,9-11H2,(H,24,27)(H,25,26)/t17-/m1/s1. The number of hydrogen-bond acceptors (Lipinski definition) is 3. The molecule has 0 fully saturated rings. The van der Waals surface area contributed by atoms with Crippen LogP contribution in [0.15, 0.2) is 48.5 Å². The van der Waals surface area contributed by atoms with Crippen LogP contribution < -0.4 is 5.32 Å². The molecule has 0 saturated heterocycles. The van der Waals surface area contributed by atoms with Crippen molar-refractivity contribution in [1.82, 2.24) is 5.32 Å². The number of ether oxygens (including phenoxy) is 1. The van der Waals surface area contributed by atoms with E-state index in [2.05, 4.69) is 0 Å². The average Bonchev–Trinajstić information content (AvgIpc) is 2.96. The fourth-order valence-corrected chi connectivity index (χ4v) is 3.35. The molecule has 1 aliphatic carbocycles. The predicted molar refractivity (Wildman–Crippen MR) is 94.9 cm³/mol. The molecule has 8 heteroatoms. The lowest BCUT2D eigenvalue weighted by Crippen LogP contribution is -2.42. The molecular weight excluding hydrogens is 375 g/mol. The third kappa shape index (κ3) is 4.44. The van der Waals surface area contributed by atoms with Crippen molar-refractivity contribution in [2.75, 3.05) is 6.61 Å². The molecule has 1 atom stereocenters. The first kappa shape index (κ1) is 19.7. The van der Waals surface area contributed by atoms with Crippen LogP contribution in [-0.4, -0.2) is 36.0 Å². The van der Waals surface area contributed by atoms with Crippen molar-refractivity contribution in [3.05, 3.63) is 59.7 Å². The van der Waals surface area contributed by atoms with Crippen LogP contribution >= 0.6 is 0 Å². The molecule has 28 heavy (non-hydrogen) atoms. The van der Waals surface area contributed by atoms with Gasteiger partial charge < -0.3 is 15.2 Å². The first-order valence-corrected chi connectivity index (χ1v) is 8.67. The summed E-state index contributed by atoms with van der Waals surface area (Å²) in [6, 6.07) is 13.7. The number of aliphatic carboxylic acids is 1. The molecule has 0 unspecified atom stereocenters. The van der Waals surface area contributed by atoms with Crippen molar-refractivity contribution in [2.45, 2.75) is 31.0 Å². The SMILES string of the molecule is O=C(N[C@H](CCC(F)(F)F)C(=O)O)OCC1c2ccccc2-c2ccccc21. The van der Waals surface area contributed by atoms with Gasteiger partial charge in [-0.25, -0.2) is 9.59 Å². The number of rotatable bonds is 6. The zero-order valence-electron chi connectivity index (χ0n) is 14.7. The number of carboxylic acid groups (broad SMARTS) is 1. The Morgan fingerprint density at radius 3 is 2.07 bits per heavy atom. The number of carbonyl (C=O) groups is 2. The lowest BCUT2D eigenvalue weighted by Gasteiger charge is -2.18. The summed E-state index contributed by atoms with van der Waals surface area (Å²) >= 11 is 0. The molecule has 0 heterocycles. The molecule has 0 bridgehead atoms. The molecule has 0 aromatic heterocycles. The molecule has 148 valence electrons. The molecule has 3 rings (SSSR count). The van der Waals surface area contributed by atoms with Gasteiger partial charge in [-0.3, -0.25) is 0 Å². The Labute approximate surface area is 159 Å². The topological polar surface area (TPSA) is 75.6 Å². The number of alkyl carbamates (subject to hydrolysis) is 1. The minimum atomic E-state index is -4.50. The smallest absolute Gasteiger partial charge is 0.407 e. The molecule has 0 radical (unpaired) electrons. The highest BCUT2D eigenvalue weighted by atomic mass is 19.4. The Bertz CT molecular complexity index is 836. The average molecular weight is 393 g/mol. The number of halogens is 3. The molecule has 1 amide bonds. The van der Waals surface area contributed by atoms with Crippen LogP contribution in [-0.2, 0) is 9.53 Å². The highest BCUT2D eigenvalue weighted by Crippen LogP contribution is 2.44. The van der Waals surface area contributed by atoms with E-state index in [1.165, 1.54) is 0 Å². The number of carboxylic acids is 1. The van der Waals surface area contributed by atoms with Gasteiger partial charge in [0.25, 0.3) is 0 Å². The van der Waals surface area contributed by atoms with Crippen molar-refractivity contribution in [3.63, 3.8) is 0 Å². The third-order valence-electron chi connectivity index (χ3n) is 4.65. The molecule has 1 aliphatic rings. The van der Waals surface area contributed by atoms with E-state index >= 15 is 0 Å². The monoisotopic (exact) mass is 393 g/mol. The Morgan fingerprint density at radius 1 is 1.04 bits per heavy atom. The fourth-order valence-electron chi connectivity index (χ4n) is 3.35. The second kappa shape index (κ2) is 7.92. The molecule has 0 aliphatic heterocycles. The summed E-state index contributed by atoms with van der Waals surface area (Å²) < 4.78 is 42.1. The van der Waals surface area contributed by atoms with E-state index in [1.807, 2.05) is 53.8 Å². The van der Waals surface area contributed by atoms with Crippen LogP contribution in [0.4, 0.5) is 18.0 Å². The van der Waals surface area contributed by atoms with Gasteiger partial charge in [-0.2, -0.15) is 13.2 Å². The van der Waals surface area contributed by atoms with Gasteiger partial charge in [0, 0.05) is 12.3 Å². The maximum atomic E-state index is 12.3. The summed E-state index contributed by atoms with van der Waals surface area (Å²) in [7, 11) is 0. The van der Waals surface area contributed by atoms with Gasteiger partial charge in [-0.1, -0.05) is 48.5 Å². The first-order valence-electron chi connectivity index (χ1n) is 8.67. The highest BCUT2D eigenvalue weighted by molar-refractivity contribution is 5.81. The van der Waals surface area contributed by atoms with Crippen LogP contribution in [0, 0.1) is 0 Å². The molecule has 2 aromatic rings. The summed E-state index contributed by atoms with van der Waals surface area (Å²) in [4.78, 5) is 23.1. The largest absolute Gasteiger partial charge is 0.480 e. The van der Waals surface area contributed by atoms with Gasteiger partial charge >= 0.3 is 18.2 Å². The van der Waals surface area contributed by atoms with Crippen molar-refractivity contribution in [2.24, 2.45) is 0 Å². The van der Waals surface area contributed by atoms with Crippen LogP contribution in [0.2, 0.25) is 0 Å². The van der Waals surface area contributed by atoms with Gasteiger partial charge in [-0.15, -0.1) is 0 Å². The number of hydrogen-bond donors (Lipinski definition) is 2. The van der Waals surface area contributed by atoms with E-state index in [4.69, 9.17) is 9.84 Å². The van der Waals surface area contributed by atoms with E-state index in [-0.39, 0.29) is 12.5 Å². The van der Waals surface area contributed by atoms with Crippen LogP contribution in [0.5, 0.6) is 0 Å². The van der Waals surface area contributed by atoms with Crippen LogP contribution in [0.3, 0.4) is 0 Å². The summed E-state index contributed by atoms with van der Waals surface area (Å²) in [6.45, 7) is -0.0501. The third-order valence-corrected chi connectivity index (χ3v) is 4.65. The zero-order chi connectivity index (χ0) is 20.3. The first-order chi connectivity index (χ1) is 13.3. The van der Waals surface area contributed by atoms with E-state index in [9.17, 15) is 22.8 Å². The minimum absolute atomic E-state index is 0.0501. The lowest BCUT2D eigenvalue weighted by molar-refractivity contribution is -0.145. The van der Waals surface area contributed by atoms with E-state index < -0.39 is 37.1 Å².